The summed E-state index contributed by atoms with van der Waals surface area (Å²) >= 11 is 0. The van der Waals surface area contributed by atoms with Crippen LogP contribution < -0.4 is 10.6 Å². The maximum Gasteiger partial charge on any atom is 0.226 e. The Morgan fingerprint density at radius 2 is 2.17 bits per heavy atom. The van der Waals surface area contributed by atoms with Gasteiger partial charge in [0.05, 0.1) is 12.3 Å². The van der Waals surface area contributed by atoms with Crippen molar-refractivity contribution in [1.82, 2.24) is 10.6 Å². The van der Waals surface area contributed by atoms with Gasteiger partial charge in [-0.3, -0.25) is 19.9 Å². The summed E-state index contributed by atoms with van der Waals surface area (Å²) in [5, 5.41) is 5.46. The zero-order chi connectivity index (χ0) is 16.9. The van der Waals surface area contributed by atoms with Crippen molar-refractivity contribution < 1.29 is 14.3 Å². The fourth-order valence-corrected chi connectivity index (χ4v) is 2.35. The van der Waals surface area contributed by atoms with Gasteiger partial charge in [-0.1, -0.05) is 12.2 Å². The van der Waals surface area contributed by atoms with Crippen molar-refractivity contribution in [3.8, 4) is 0 Å². The molecule has 0 spiro atoms. The van der Waals surface area contributed by atoms with Crippen molar-refractivity contribution in [2.45, 2.75) is 38.7 Å². The Morgan fingerprint density at radius 3 is 2.83 bits per heavy atom. The van der Waals surface area contributed by atoms with E-state index in [1.54, 1.807) is 13.3 Å². The molecule has 2 N–H and O–H groups in total. The lowest BCUT2D eigenvalue weighted by Crippen LogP contribution is -2.26. The molecular formula is C17H27N3O3. The number of carbonyl (C=O) groups excluding carboxylic acids is 2. The van der Waals surface area contributed by atoms with Crippen LogP contribution >= 0.6 is 0 Å². The predicted octanol–water partition coefficient (Wildman–Crippen LogP) is 1.58. The number of nitrogens with zero attached hydrogens (tertiary/aromatic N) is 1. The second-order valence-electron chi connectivity index (χ2n) is 5.58. The van der Waals surface area contributed by atoms with Gasteiger partial charge >= 0.3 is 0 Å². The Hall–Kier alpha value is -1.95. The lowest BCUT2D eigenvalue weighted by molar-refractivity contribution is -0.125. The molecule has 0 aliphatic carbocycles. The normalized spacial score (nSPS) is 18.3. The molecule has 1 saturated heterocycles. The van der Waals surface area contributed by atoms with E-state index in [2.05, 4.69) is 21.7 Å². The average Bonchev–Trinajstić information content (AvgIpc) is 2.54. The van der Waals surface area contributed by atoms with Gasteiger partial charge in [-0.05, 0) is 51.3 Å². The first kappa shape index (κ1) is 19.1. The van der Waals surface area contributed by atoms with Crippen molar-refractivity contribution in [3.05, 3.63) is 24.0 Å². The van der Waals surface area contributed by atoms with Gasteiger partial charge in [0.1, 0.15) is 5.76 Å². The van der Waals surface area contributed by atoms with E-state index in [1.165, 1.54) is 0 Å². The van der Waals surface area contributed by atoms with Crippen molar-refractivity contribution >= 4 is 18.5 Å². The summed E-state index contributed by atoms with van der Waals surface area (Å²) in [6.07, 6.45) is 11.1. The first-order valence-corrected chi connectivity index (χ1v) is 8.06. The van der Waals surface area contributed by atoms with Gasteiger partial charge < -0.3 is 10.1 Å². The van der Waals surface area contributed by atoms with Gasteiger partial charge in [0, 0.05) is 13.5 Å². The molecule has 23 heavy (non-hydrogen) atoms. The zero-order valence-corrected chi connectivity index (χ0v) is 14.0. The van der Waals surface area contributed by atoms with E-state index < -0.39 is 0 Å². The Labute approximate surface area is 138 Å². The maximum absolute atomic E-state index is 11.3. The van der Waals surface area contributed by atoms with Crippen molar-refractivity contribution in [1.29, 1.82) is 0 Å². The van der Waals surface area contributed by atoms with E-state index in [0.717, 1.165) is 25.9 Å². The molecule has 0 aromatic heterocycles. The molecule has 128 valence electrons. The second kappa shape index (κ2) is 11.6. The lowest BCUT2D eigenvalue weighted by Gasteiger charge is -2.19. The van der Waals surface area contributed by atoms with E-state index in [0.29, 0.717) is 24.5 Å². The number of hydrogen-bond donors (Lipinski definition) is 2. The van der Waals surface area contributed by atoms with Gasteiger partial charge in [-0.15, -0.1) is 0 Å². The number of rotatable bonds is 9. The lowest BCUT2D eigenvalue weighted by atomic mass is 9.98. The summed E-state index contributed by atoms with van der Waals surface area (Å²) in [4.78, 5) is 25.4. The van der Waals surface area contributed by atoms with Crippen LogP contribution in [0.5, 0.6) is 0 Å². The number of ether oxygens (including phenoxy) is 1. The van der Waals surface area contributed by atoms with Gasteiger partial charge in [0.15, 0.2) is 0 Å². The van der Waals surface area contributed by atoms with Gasteiger partial charge in [0.25, 0.3) is 0 Å². The van der Waals surface area contributed by atoms with Crippen molar-refractivity contribution in [2.24, 2.45) is 10.9 Å². The molecule has 0 radical (unpaired) electrons. The number of piperidine rings is 1. The molecule has 0 aromatic rings. The molecule has 1 heterocycles. The van der Waals surface area contributed by atoms with E-state index in [1.807, 2.05) is 19.1 Å². The topological polar surface area (TPSA) is 79.8 Å². The molecule has 1 rings (SSSR count). The quantitative estimate of drug-likeness (QED) is 0.292. The van der Waals surface area contributed by atoms with E-state index in [4.69, 9.17) is 4.74 Å². The molecule has 1 atom stereocenters. The molecule has 2 amide bonds. The predicted molar refractivity (Wildman–Crippen MR) is 91.2 cm³/mol. The number of allylic oxidation sites excluding steroid dienone is 4. The second-order valence-corrected chi connectivity index (χ2v) is 5.58. The van der Waals surface area contributed by atoms with Crippen LogP contribution in [-0.4, -0.2) is 44.8 Å². The molecule has 1 aliphatic rings. The molecule has 6 nitrogen and oxygen atoms in total. The minimum Gasteiger partial charge on any atom is -0.489 e. The maximum atomic E-state index is 11.3. The van der Waals surface area contributed by atoms with Crippen LogP contribution in [0, 0.1) is 5.92 Å². The molecule has 1 unspecified atom stereocenters. The van der Waals surface area contributed by atoms with Crippen LogP contribution in [-0.2, 0) is 14.3 Å². The van der Waals surface area contributed by atoms with Crippen molar-refractivity contribution in [3.63, 3.8) is 0 Å². The molecule has 1 aliphatic heterocycles. The SMILES string of the molecule is CN=C/C(=C\C=C\C1CCNCC1)OC(C)CCC(=O)NC=O. The highest BCUT2D eigenvalue weighted by Gasteiger charge is 2.10. The number of hydrogen-bond acceptors (Lipinski definition) is 5. The smallest absolute Gasteiger partial charge is 0.226 e. The fraction of sp³-hybridized carbons (Fsp3) is 0.588. The van der Waals surface area contributed by atoms with E-state index in [-0.39, 0.29) is 18.4 Å². The summed E-state index contributed by atoms with van der Waals surface area (Å²) in [5.41, 5.74) is 0. The molecule has 0 saturated carbocycles. The highest BCUT2D eigenvalue weighted by atomic mass is 16.5. The van der Waals surface area contributed by atoms with Crippen molar-refractivity contribution in [2.75, 3.05) is 20.1 Å². The molecular weight excluding hydrogens is 294 g/mol. The number of carbonyl (C=O) groups is 2. The fourth-order valence-electron chi connectivity index (χ4n) is 2.35. The third kappa shape index (κ3) is 8.93. The Bertz CT molecular complexity index is 452. The van der Waals surface area contributed by atoms with Crippen LogP contribution in [0.4, 0.5) is 0 Å². The minimum absolute atomic E-state index is 0.135. The molecule has 6 heteroatoms. The standard InChI is InChI=1S/C17H27N3O3/c1-14(6-7-17(22)20-13-21)23-16(12-18-2)5-3-4-15-8-10-19-11-9-15/h3-5,12-15,19H,6-11H2,1-2H3,(H,20,21,22)/b4-3+,16-5+,18-12?. The molecule has 1 fully saturated rings. The zero-order valence-electron chi connectivity index (χ0n) is 14.0. The third-order valence-electron chi connectivity index (χ3n) is 3.62. The van der Waals surface area contributed by atoms with Gasteiger partial charge in [-0.2, -0.15) is 0 Å². The number of nitrogens with one attached hydrogen (secondary N) is 2. The Kier molecular flexibility index (Phi) is 9.63. The number of aliphatic imine (C=N–C) groups is 1. The number of imide groups is 1. The largest absolute Gasteiger partial charge is 0.489 e. The van der Waals surface area contributed by atoms with Crippen LogP contribution in [0.25, 0.3) is 0 Å². The average molecular weight is 321 g/mol. The van der Waals surface area contributed by atoms with Crippen LogP contribution in [0.15, 0.2) is 29.0 Å². The summed E-state index contributed by atoms with van der Waals surface area (Å²) in [5.74, 6) is 0.980. The monoisotopic (exact) mass is 321 g/mol. The van der Waals surface area contributed by atoms with Crippen LogP contribution in [0.3, 0.4) is 0 Å². The van der Waals surface area contributed by atoms with Crippen LogP contribution in [0.2, 0.25) is 0 Å². The Balaban J connectivity index is 2.45. The van der Waals surface area contributed by atoms with Gasteiger partial charge in [0.2, 0.25) is 12.3 Å². The minimum atomic E-state index is -0.295. The summed E-state index contributed by atoms with van der Waals surface area (Å²) < 4.78 is 5.79. The number of amides is 2. The van der Waals surface area contributed by atoms with Crippen LogP contribution in [0.1, 0.15) is 32.6 Å². The first-order chi connectivity index (χ1) is 11.2. The van der Waals surface area contributed by atoms with Gasteiger partial charge in [-0.25, -0.2) is 0 Å². The summed E-state index contributed by atoms with van der Waals surface area (Å²) in [6.45, 7) is 4.03. The first-order valence-electron chi connectivity index (χ1n) is 8.06. The molecule has 0 aromatic carbocycles. The highest BCUT2D eigenvalue weighted by Crippen LogP contribution is 2.13. The highest BCUT2D eigenvalue weighted by molar-refractivity contribution is 5.85. The summed E-state index contributed by atoms with van der Waals surface area (Å²) in [7, 11) is 1.69. The third-order valence-corrected chi connectivity index (χ3v) is 3.62. The van der Waals surface area contributed by atoms with E-state index >= 15 is 0 Å². The molecule has 0 bridgehead atoms. The summed E-state index contributed by atoms with van der Waals surface area (Å²) in [6, 6.07) is 0. The Morgan fingerprint density at radius 1 is 1.43 bits per heavy atom. The van der Waals surface area contributed by atoms with E-state index in [9.17, 15) is 9.59 Å².